The van der Waals surface area contributed by atoms with Crippen LogP contribution in [0.1, 0.15) is 22.9 Å². The van der Waals surface area contributed by atoms with Crippen LogP contribution in [0.3, 0.4) is 0 Å². The fourth-order valence-corrected chi connectivity index (χ4v) is 2.44. The number of aromatic nitrogens is 1. The molecule has 0 aliphatic carbocycles. The zero-order chi connectivity index (χ0) is 18.6. The molecule has 1 aromatic heterocycles. The molecule has 0 saturated carbocycles. The summed E-state index contributed by atoms with van der Waals surface area (Å²) < 4.78 is 38.5. The zero-order valence-corrected chi connectivity index (χ0v) is 14.4. The fraction of sp³-hybridized carbons (Fsp3) is 0.294. The summed E-state index contributed by atoms with van der Waals surface area (Å²) in [6.07, 6.45) is -4.57. The molecule has 0 aliphatic heterocycles. The predicted octanol–water partition coefficient (Wildman–Crippen LogP) is 4.34. The molecule has 0 aliphatic rings. The van der Waals surface area contributed by atoms with Crippen LogP contribution in [0.25, 0.3) is 0 Å². The summed E-state index contributed by atoms with van der Waals surface area (Å²) >= 11 is 5.89. The van der Waals surface area contributed by atoms with Gasteiger partial charge in [-0.15, -0.1) is 0 Å². The van der Waals surface area contributed by atoms with Gasteiger partial charge in [-0.25, -0.2) is 4.98 Å². The third kappa shape index (κ3) is 4.84. The maximum absolute atomic E-state index is 12.8. The first-order valence-electron chi connectivity index (χ1n) is 7.36. The average molecular weight is 369 g/mol. The molecular formula is C17H16ClF3N4. The van der Waals surface area contributed by atoms with E-state index in [4.69, 9.17) is 16.9 Å². The second-order valence-corrected chi connectivity index (χ2v) is 6.05. The van der Waals surface area contributed by atoms with Crippen molar-refractivity contribution in [1.82, 2.24) is 9.88 Å². The van der Waals surface area contributed by atoms with E-state index in [0.717, 1.165) is 17.7 Å². The number of benzene rings is 1. The smallest absolute Gasteiger partial charge is 0.367 e. The Labute approximate surface area is 148 Å². The van der Waals surface area contributed by atoms with Crippen LogP contribution in [0.4, 0.5) is 19.0 Å². The molecule has 1 atom stereocenters. The van der Waals surface area contributed by atoms with Crippen LogP contribution in [-0.4, -0.2) is 30.5 Å². The number of nitrogens with zero attached hydrogens (tertiary/aromatic N) is 3. The van der Waals surface area contributed by atoms with Crippen molar-refractivity contribution in [1.29, 1.82) is 5.26 Å². The number of hydrogen-bond acceptors (Lipinski definition) is 4. The van der Waals surface area contributed by atoms with Crippen molar-refractivity contribution < 1.29 is 13.2 Å². The van der Waals surface area contributed by atoms with E-state index in [9.17, 15) is 13.2 Å². The van der Waals surface area contributed by atoms with Crippen LogP contribution in [-0.2, 0) is 6.18 Å². The SMILES string of the molecule is CN(C)C(CNc1nc(C(F)(F)F)ccc1C#N)c1ccc(Cl)cc1. The highest BCUT2D eigenvalue weighted by Gasteiger charge is 2.33. The Bertz CT molecular complexity index is 767. The standard InChI is InChI=1S/C17H16ClF3N4/c1-25(2)14(11-3-6-13(18)7-4-11)10-23-16-12(9-22)5-8-15(24-16)17(19,20)21/h3-8,14H,10H2,1-2H3,(H,23,24). The van der Waals surface area contributed by atoms with Gasteiger partial charge < -0.3 is 10.2 Å². The number of nitrogens with one attached hydrogen (secondary N) is 1. The van der Waals surface area contributed by atoms with Crippen molar-refractivity contribution in [2.24, 2.45) is 0 Å². The Morgan fingerprint density at radius 1 is 1.20 bits per heavy atom. The Hall–Kier alpha value is -2.30. The summed E-state index contributed by atoms with van der Waals surface area (Å²) in [6.45, 7) is 0.275. The molecule has 4 nitrogen and oxygen atoms in total. The first-order valence-corrected chi connectivity index (χ1v) is 7.74. The lowest BCUT2D eigenvalue weighted by Crippen LogP contribution is -2.27. The van der Waals surface area contributed by atoms with Crippen LogP contribution in [0, 0.1) is 11.3 Å². The molecule has 2 aromatic rings. The lowest BCUT2D eigenvalue weighted by Gasteiger charge is -2.25. The molecule has 0 amide bonds. The third-order valence-corrected chi connectivity index (χ3v) is 3.90. The van der Waals surface area contributed by atoms with Crippen molar-refractivity contribution in [3.8, 4) is 6.07 Å². The maximum atomic E-state index is 12.8. The molecule has 0 fully saturated rings. The topological polar surface area (TPSA) is 52.0 Å². The Morgan fingerprint density at radius 3 is 2.36 bits per heavy atom. The van der Waals surface area contributed by atoms with E-state index >= 15 is 0 Å². The summed E-state index contributed by atoms with van der Waals surface area (Å²) in [5.41, 5.74) is -0.0455. The highest BCUT2D eigenvalue weighted by Crippen LogP contribution is 2.30. The second kappa shape index (κ2) is 7.72. The van der Waals surface area contributed by atoms with E-state index in [0.29, 0.717) is 5.02 Å². The molecule has 132 valence electrons. The van der Waals surface area contributed by atoms with Crippen LogP contribution in [0.15, 0.2) is 36.4 Å². The Balaban J connectivity index is 2.25. The molecule has 1 N–H and O–H groups in total. The summed E-state index contributed by atoms with van der Waals surface area (Å²) in [6, 6.07) is 10.8. The molecule has 0 bridgehead atoms. The number of rotatable bonds is 5. The summed E-state index contributed by atoms with van der Waals surface area (Å²) in [5.74, 6) is -0.0851. The molecule has 1 aromatic carbocycles. The number of hydrogen-bond donors (Lipinski definition) is 1. The molecule has 0 saturated heterocycles. The van der Waals surface area contributed by atoms with Gasteiger partial charge in [0.2, 0.25) is 0 Å². The lowest BCUT2D eigenvalue weighted by molar-refractivity contribution is -0.141. The molecule has 1 heterocycles. The predicted molar refractivity (Wildman–Crippen MR) is 90.3 cm³/mol. The van der Waals surface area contributed by atoms with E-state index in [-0.39, 0.29) is 24.0 Å². The van der Waals surface area contributed by atoms with E-state index in [2.05, 4.69) is 10.3 Å². The van der Waals surface area contributed by atoms with E-state index in [1.807, 2.05) is 37.2 Å². The minimum absolute atomic E-state index is 0.0570. The summed E-state index contributed by atoms with van der Waals surface area (Å²) in [7, 11) is 3.71. The number of nitriles is 1. The molecule has 2 rings (SSSR count). The van der Waals surface area contributed by atoms with Gasteiger partial charge in [-0.2, -0.15) is 18.4 Å². The van der Waals surface area contributed by atoms with Crippen LogP contribution in [0.5, 0.6) is 0 Å². The molecule has 1 unspecified atom stereocenters. The summed E-state index contributed by atoms with van der Waals surface area (Å²) in [4.78, 5) is 5.47. The van der Waals surface area contributed by atoms with Crippen LogP contribution in [0.2, 0.25) is 5.02 Å². The number of alkyl halides is 3. The van der Waals surface area contributed by atoms with Crippen molar-refractivity contribution in [3.05, 3.63) is 58.2 Å². The summed E-state index contributed by atoms with van der Waals surface area (Å²) in [5, 5.41) is 12.6. The first kappa shape index (κ1) is 19.0. The third-order valence-electron chi connectivity index (χ3n) is 3.65. The molecular weight excluding hydrogens is 353 g/mol. The fourth-order valence-electron chi connectivity index (χ4n) is 2.32. The van der Waals surface area contributed by atoms with Crippen molar-refractivity contribution in [2.45, 2.75) is 12.2 Å². The number of anilines is 1. The van der Waals surface area contributed by atoms with Crippen molar-refractivity contribution in [2.75, 3.05) is 26.0 Å². The van der Waals surface area contributed by atoms with Gasteiger partial charge in [0.1, 0.15) is 17.6 Å². The minimum Gasteiger partial charge on any atom is -0.367 e. The quantitative estimate of drug-likeness (QED) is 0.853. The van der Waals surface area contributed by atoms with Crippen LogP contribution >= 0.6 is 11.6 Å². The van der Waals surface area contributed by atoms with Gasteiger partial charge in [0.25, 0.3) is 0 Å². The molecule has 0 radical (unpaired) electrons. The molecule has 0 spiro atoms. The van der Waals surface area contributed by atoms with Crippen molar-refractivity contribution in [3.63, 3.8) is 0 Å². The zero-order valence-electron chi connectivity index (χ0n) is 13.6. The maximum Gasteiger partial charge on any atom is 0.433 e. The van der Waals surface area contributed by atoms with E-state index in [1.165, 1.54) is 0 Å². The van der Waals surface area contributed by atoms with Gasteiger partial charge in [0.15, 0.2) is 0 Å². The van der Waals surface area contributed by atoms with Gasteiger partial charge in [0.05, 0.1) is 11.6 Å². The lowest BCUT2D eigenvalue weighted by atomic mass is 10.1. The number of halogens is 4. The Morgan fingerprint density at radius 2 is 1.84 bits per heavy atom. The number of pyridine rings is 1. The monoisotopic (exact) mass is 368 g/mol. The van der Waals surface area contributed by atoms with Gasteiger partial charge >= 0.3 is 6.18 Å². The second-order valence-electron chi connectivity index (χ2n) is 5.61. The first-order chi connectivity index (χ1) is 11.7. The van der Waals surface area contributed by atoms with E-state index in [1.54, 1.807) is 12.1 Å². The van der Waals surface area contributed by atoms with Gasteiger partial charge in [0, 0.05) is 11.6 Å². The van der Waals surface area contributed by atoms with E-state index < -0.39 is 11.9 Å². The molecule has 8 heteroatoms. The Kier molecular flexibility index (Phi) is 5.88. The highest BCUT2D eigenvalue weighted by molar-refractivity contribution is 6.30. The number of likely N-dealkylation sites (N-methyl/N-ethyl adjacent to an activating group) is 1. The van der Waals surface area contributed by atoms with Crippen molar-refractivity contribution >= 4 is 17.4 Å². The average Bonchev–Trinajstić information content (AvgIpc) is 2.55. The largest absolute Gasteiger partial charge is 0.433 e. The minimum atomic E-state index is -4.57. The molecule has 25 heavy (non-hydrogen) atoms. The van der Waals surface area contributed by atoms with Gasteiger partial charge in [-0.05, 0) is 43.9 Å². The van der Waals surface area contributed by atoms with Crippen LogP contribution < -0.4 is 5.32 Å². The highest BCUT2D eigenvalue weighted by atomic mass is 35.5. The van der Waals surface area contributed by atoms with Gasteiger partial charge in [-0.1, -0.05) is 23.7 Å². The van der Waals surface area contributed by atoms with Gasteiger partial charge in [-0.3, -0.25) is 0 Å². The normalized spacial score (nSPS) is 12.7.